The lowest BCUT2D eigenvalue weighted by atomic mass is 9.60. The van der Waals surface area contributed by atoms with E-state index in [1.807, 2.05) is 66.7 Å². The maximum Gasteiger partial charge on any atom is 0.232 e. The van der Waals surface area contributed by atoms with Crippen LogP contribution in [-0.2, 0) is 28.0 Å². The number of amides is 1. The van der Waals surface area contributed by atoms with Gasteiger partial charge in [-0.25, -0.2) is 0 Å². The van der Waals surface area contributed by atoms with E-state index in [-0.39, 0.29) is 17.2 Å². The Bertz CT molecular complexity index is 1490. The van der Waals surface area contributed by atoms with E-state index >= 15 is 0 Å². The molecule has 47 heavy (non-hydrogen) atoms. The maximum absolute atomic E-state index is 13.6. The fourth-order valence-electron chi connectivity index (χ4n) is 6.12. The molecular weight excluding hydrogens is 582 g/mol. The number of ether oxygens (including phenoxy) is 3. The topological polar surface area (TPSA) is 56.8 Å². The minimum atomic E-state index is -0.348. The van der Waals surface area contributed by atoms with Crippen LogP contribution in [-0.4, -0.2) is 26.2 Å². The number of hydrogen-bond donors (Lipinski definition) is 1. The van der Waals surface area contributed by atoms with Crippen LogP contribution < -0.4 is 14.8 Å². The van der Waals surface area contributed by atoms with Gasteiger partial charge in [0, 0.05) is 12.1 Å². The first-order valence-corrected chi connectivity index (χ1v) is 17.2. The molecule has 2 aliphatic rings. The van der Waals surface area contributed by atoms with Crippen molar-refractivity contribution in [3.8, 4) is 11.5 Å². The first-order chi connectivity index (χ1) is 22.8. The molecule has 1 unspecified atom stereocenters. The standard InChI is InChI=1S/C36H41NO4.C6H10/c1-36(2,3)30-15-13-29(14-16-30)34(35(38)37-31-17-21-32(39-4)22-18-31)25-27-11-19-33(20-12-27)41-24-8-23-40-26-28-9-6-5-7-10-28;1-2-6-4-3-5(1)6/h5-7,9-22,34H,8,23-26H2,1-4H3,(H,37,38);5-6H,1-4H2. The van der Waals surface area contributed by atoms with Gasteiger partial charge in [0.1, 0.15) is 11.5 Å². The Morgan fingerprint density at radius 3 is 1.91 bits per heavy atom. The van der Waals surface area contributed by atoms with Crippen LogP contribution in [0.4, 0.5) is 5.69 Å². The largest absolute Gasteiger partial charge is 0.497 e. The Kier molecular flexibility index (Phi) is 12.1. The van der Waals surface area contributed by atoms with Gasteiger partial charge in [-0.3, -0.25) is 4.79 Å². The first kappa shape index (κ1) is 34.3. The molecule has 248 valence electrons. The summed E-state index contributed by atoms with van der Waals surface area (Å²) in [5.74, 6) is 3.59. The third-order valence-electron chi connectivity index (χ3n) is 9.51. The van der Waals surface area contributed by atoms with Gasteiger partial charge in [-0.05, 0) is 108 Å². The van der Waals surface area contributed by atoms with E-state index in [1.54, 1.807) is 32.8 Å². The fourth-order valence-corrected chi connectivity index (χ4v) is 6.12. The predicted octanol–water partition coefficient (Wildman–Crippen LogP) is 9.75. The molecule has 4 aromatic carbocycles. The third-order valence-corrected chi connectivity index (χ3v) is 9.51. The number of hydrogen-bond acceptors (Lipinski definition) is 4. The number of nitrogens with one attached hydrogen (secondary N) is 1. The van der Waals surface area contributed by atoms with Crippen molar-refractivity contribution in [3.05, 3.63) is 125 Å². The molecule has 4 aromatic rings. The molecule has 0 aromatic heterocycles. The number of anilines is 1. The zero-order valence-electron chi connectivity index (χ0n) is 28.5. The Morgan fingerprint density at radius 1 is 0.745 bits per heavy atom. The van der Waals surface area contributed by atoms with Crippen molar-refractivity contribution in [2.75, 3.05) is 25.6 Å². The van der Waals surface area contributed by atoms with Crippen molar-refractivity contribution in [1.82, 2.24) is 0 Å². The molecule has 1 N–H and O–H groups in total. The van der Waals surface area contributed by atoms with Gasteiger partial charge in [0.15, 0.2) is 0 Å². The van der Waals surface area contributed by atoms with Gasteiger partial charge in [-0.2, -0.15) is 0 Å². The molecule has 6 rings (SSSR count). The van der Waals surface area contributed by atoms with Crippen LogP contribution in [0.25, 0.3) is 0 Å². The second-order valence-electron chi connectivity index (χ2n) is 13.9. The normalized spacial score (nSPS) is 17.1. The van der Waals surface area contributed by atoms with Crippen molar-refractivity contribution < 1.29 is 19.0 Å². The number of methoxy groups -OCH3 is 1. The van der Waals surface area contributed by atoms with E-state index in [1.165, 1.54) is 23.0 Å². The number of rotatable bonds is 13. The highest BCUT2D eigenvalue weighted by Crippen LogP contribution is 2.49. The van der Waals surface area contributed by atoms with Gasteiger partial charge in [0.25, 0.3) is 0 Å². The van der Waals surface area contributed by atoms with E-state index in [9.17, 15) is 4.79 Å². The predicted molar refractivity (Wildman–Crippen MR) is 191 cm³/mol. The molecule has 0 spiro atoms. The Hall–Kier alpha value is -4.09. The van der Waals surface area contributed by atoms with Gasteiger partial charge in [-0.15, -0.1) is 0 Å². The van der Waals surface area contributed by atoms with Crippen molar-refractivity contribution in [2.45, 2.75) is 77.2 Å². The van der Waals surface area contributed by atoms with Crippen LogP contribution in [0.3, 0.4) is 0 Å². The van der Waals surface area contributed by atoms with Crippen LogP contribution in [0.5, 0.6) is 11.5 Å². The Morgan fingerprint density at radius 2 is 1.36 bits per heavy atom. The second-order valence-corrected chi connectivity index (χ2v) is 13.9. The summed E-state index contributed by atoms with van der Waals surface area (Å²) in [6.07, 6.45) is 7.63. The van der Waals surface area contributed by atoms with E-state index in [4.69, 9.17) is 14.2 Å². The third kappa shape index (κ3) is 10.2. The van der Waals surface area contributed by atoms with Gasteiger partial charge in [0.05, 0.1) is 32.8 Å². The lowest BCUT2D eigenvalue weighted by Gasteiger charge is -2.46. The number of benzene rings is 4. The molecular formula is C42H51NO4. The van der Waals surface area contributed by atoms with E-state index in [0.717, 1.165) is 34.7 Å². The number of carbonyl (C=O) groups excluding carboxylic acids is 1. The monoisotopic (exact) mass is 633 g/mol. The lowest BCUT2D eigenvalue weighted by Crippen LogP contribution is -2.34. The van der Waals surface area contributed by atoms with E-state index in [0.29, 0.717) is 26.2 Å². The molecule has 5 nitrogen and oxygen atoms in total. The highest BCUT2D eigenvalue weighted by Gasteiger charge is 2.37. The summed E-state index contributed by atoms with van der Waals surface area (Å²) in [7, 11) is 1.63. The molecule has 0 bridgehead atoms. The van der Waals surface area contributed by atoms with Gasteiger partial charge in [-0.1, -0.05) is 87.5 Å². The molecule has 1 atom stereocenters. The molecule has 5 heteroatoms. The molecule has 0 saturated heterocycles. The summed E-state index contributed by atoms with van der Waals surface area (Å²) in [5, 5.41) is 3.09. The Labute approximate surface area is 281 Å². The number of fused-ring (bicyclic) bond motifs is 1. The van der Waals surface area contributed by atoms with Crippen LogP contribution >= 0.6 is 0 Å². The zero-order valence-corrected chi connectivity index (χ0v) is 28.5. The van der Waals surface area contributed by atoms with Crippen molar-refractivity contribution in [2.24, 2.45) is 11.8 Å². The van der Waals surface area contributed by atoms with Crippen LogP contribution in [0, 0.1) is 11.8 Å². The molecule has 2 fully saturated rings. The summed E-state index contributed by atoms with van der Waals surface area (Å²) >= 11 is 0. The summed E-state index contributed by atoms with van der Waals surface area (Å²) in [5.41, 5.74) is 5.25. The summed E-state index contributed by atoms with van der Waals surface area (Å²) < 4.78 is 16.9. The summed E-state index contributed by atoms with van der Waals surface area (Å²) in [6, 6.07) is 34.0. The van der Waals surface area contributed by atoms with E-state index in [2.05, 4.69) is 62.5 Å². The second kappa shape index (κ2) is 16.6. The summed E-state index contributed by atoms with van der Waals surface area (Å²) in [4.78, 5) is 13.6. The Balaban J connectivity index is 0.000000638. The smallest absolute Gasteiger partial charge is 0.232 e. The maximum atomic E-state index is 13.6. The quantitative estimate of drug-likeness (QED) is 0.149. The zero-order chi connectivity index (χ0) is 33.1. The van der Waals surface area contributed by atoms with E-state index < -0.39 is 0 Å². The fraction of sp³-hybridized carbons (Fsp3) is 0.405. The van der Waals surface area contributed by atoms with Gasteiger partial charge >= 0.3 is 0 Å². The average molecular weight is 634 g/mol. The number of carbonyl (C=O) groups is 1. The lowest BCUT2D eigenvalue weighted by molar-refractivity contribution is -0.117. The molecule has 1 amide bonds. The highest BCUT2D eigenvalue weighted by atomic mass is 16.5. The van der Waals surface area contributed by atoms with Crippen LogP contribution in [0.2, 0.25) is 0 Å². The highest BCUT2D eigenvalue weighted by molar-refractivity contribution is 5.96. The molecule has 2 aliphatic carbocycles. The molecule has 0 radical (unpaired) electrons. The summed E-state index contributed by atoms with van der Waals surface area (Å²) in [6.45, 7) is 8.42. The van der Waals surface area contributed by atoms with Crippen LogP contribution in [0.1, 0.15) is 81.0 Å². The molecule has 0 heterocycles. The minimum absolute atomic E-state index is 0.0449. The van der Waals surface area contributed by atoms with Gasteiger partial charge in [0.2, 0.25) is 5.91 Å². The minimum Gasteiger partial charge on any atom is -0.497 e. The SMILES string of the molecule is C1CC2CCC12.COc1ccc(NC(=O)C(Cc2ccc(OCCCOCc3ccccc3)cc2)c2ccc(C(C)(C)C)cc2)cc1. The first-order valence-electron chi connectivity index (χ1n) is 17.2. The van der Waals surface area contributed by atoms with Crippen LogP contribution in [0.15, 0.2) is 103 Å². The van der Waals surface area contributed by atoms with Gasteiger partial charge < -0.3 is 19.5 Å². The van der Waals surface area contributed by atoms with Crippen molar-refractivity contribution in [3.63, 3.8) is 0 Å². The average Bonchev–Trinajstić information content (AvgIpc) is 3.08. The molecule has 0 aliphatic heterocycles. The van der Waals surface area contributed by atoms with Crippen molar-refractivity contribution in [1.29, 1.82) is 0 Å². The van der Waals surface area contributed by atoms with Crippen molar-refractivity contribution >= 4 is 11.6 Å². The molecule has 2 saturated carbocycles.